The number of ether oxygens (including phenoxy) is 1. The molecule has 2 heterocycles. The maximum Gasteiger partial charge on any atom is 0.409 e. The highest BCUT2D eigenvalue weighted by Crippen LogP contribution is 2.23. The maximum absolute atomic E-state index is 12.3. The second-order valence-corrected chi connectivity index (χ2v) is 6.67. The molecule has 1 fully saturated rings. The van der Waals surface area contributed by atoms with Gasteiger partial charge in [-0.05, 0) is 34.5 Å². The molecule has 0 bridgehead atoms. The molecule has 2 amide bonds. The van der Waals surface area contributed by atoms with Gasteiger partial charge in [-0.1, -0.05) is 0 Å². The second-order valence-electron chi connectivity index (χ2n) is 4.21. The number of thiophene rings is 1. The highest BCUT2D eigenvalue weighted by Gasteiger charge is 2.23. The number of carbonyl (C=O) groups is 2. The summed E-state index contributed by atoms with van der Waals surface area (Å²) in [4.78, 5) is 27.9. The molecule has 0 aliphatic carbocycles. The summed E-state index contributed by atoms with van der Waals surface area (Å²) in [6.45, 7) is 2.36. The predicted octanol–water partition coefficient (Wildman–Crippen LogP) is 2.42. The van der Waals surface area contributed by atoms with E-state index >= 15 is 0 Å². The average molecular weight is 347 g/mol. The minimum Gasteiger partial charge on any atom is -0.453 e. The fraction of sp³-hybridized carbons (Fsp3) is 0.500. The molecule has 7 heteroatoms. The van der Waals surface area contributed by atoms with E-state index in [1.165, 1.54) is 18.4 Å². The summed E-state index contributed by atoms with van der Waals surface area (Å²) in [6, 6.07) is 3.69. The van der Waals surface area contributed by atoms with Crippen molar-refractivity contribution in [3.63, 3.8) is 0 Å². The molecule has 19 heavy (non-hydrogen) atoms. The normalized spacial score (nSPS) is 16.1. The summed E-state index contributed by atoms with van der Waals surface area (Å²) in [5.74, 6) is 0.0300. The molecule has 2 rings (SSSR count). The first-order chi connectivity index (χ1) is 9.11. The molecule has 5 nitrogen and oxygen atoms in total. The highest BCUT2D eigenvalue weighted by molar-refractivity contribution is 9.11. The summed E-state index contributed by atoms with van der Waals surface area (Å²) in [6.07, 6.45) is 0.445. The van der Waals surface area contributed by atoms with Crippen LogP contribution in [0.3, 0.4) is 0 Å². The van der Waals surface area contributed by atoms with Gasteiger partial charge in [-0.15, -0.1) is 11.3 Å². The molecule has 0 spiro atoms. The summed E-state index contributed by atoms with van der Waals surface area (Å²) >= 11 is 4.78. The third kappa shape index (κ3) is 3.48. The lowest BCUT2D eigenvalue weighted by Crippen LogP contribution is -2.37. The molecule has 104 valence electrons. The van der Waals surface area contributed by atoms with E-state index in [2.05, 4.69) is 15.9 Å². The smallest absolute Gasteiger partial charge is 0.409 e. The third-order valence-electron chi connectivity index (χ3n) is 3.00. The molecule has 0 unspecified atom stereocenters. The number of rotatable bonds is 1. The Morgan fingerprint density at radius 2 is 1.89 bits per heavy atom. The molecule has 0 aromatic carbocycles. The number of halogens is 1. The van der Waals surface area contributed by atoms with Crippen molar-refractivity contribution in [1.82, 2.24) is 9.80 Å². The molecule has 0 N–H and O–H groups in total. The summed E-state index contributed by atoms with van der Waals surface area (Å²) in [7, 11) is 1.37. The summed E-state index contributed by atoms with van der Waals surface area (Å²) in [5.41, 5.74) is 0. The quantitative estimate of drug-likeness (QED) is 0.784. The van der Waals surface area contributed by atoms with E-state index in [-0.39, 0.29) is 12.0 Å². The molecule has 1 aliphatic heterocycles. The SMILES string of the molecule is COC(=O)N1CCCN(C(=O)c2ccc(Br)s2)CC1. The molecule has 1 aromatic rings. The van der Waals surface area contributed by atoms with Crippen molar-refractivity contribution in [2.24, 2.45) is 0 Å². The number of nitrogens with zero attached hydrogens (tertiary/aromatic N) is 2. The summed E-state index contributed by atoms with van der Waals surface area (Å²) in [5, 5.41) is 0. The molecule has 0 radical (unpaired) electrons. The van der Waals surface area contributed by atoms with Crippen LogP contribution in [0.25, 0.3) is 0 Å². The Morgan fingerprint density at radius 1 is 1.21 bits per heavy atom. The van der Waals surface area contributed by atoms with E-state index in [9.17, 15) is 9.59 Å². The highest BCUT2D eigenvalue weighted by atomic mass is 79.9. The zero-order chi connectivity index (χ0) is 13.8. The van der Waals surface area contributed by atoms with Crippen molar-refractivity contribution < 1.29 is 14.3 Å². The fourth-order valence-corrected chi connectivity index (χ4v) is 3.37. The van der Waals surface area contributed by atoms with Crippen molar-refractivity contribution in [3.05, 3.63) is 20.8 Å². The van der Waals surface area contributed by atoms with E-state index in [1.54, 1.807) is 9.80 Å². The van der Waals surface area contributed by atoms with Gasteiger partial charge in [0.25, 0.3) is 5.91 Å². The van der Waals surface area contributed by atoms with E-state index in [1.807, 2.05) is 12.1 Å². The second kappa shape index (κ2) is 6.38. The van der Waals surface area contributed by atoms with Gasteiger partial charge in [0, 0.05) is 26.2 Å². The minimum atomic E-state index is -0.326. The number of methoxy groups -OCH3 is 1. The average Bonchev–Trinajstić information content (AvgIpc) is 2.71. The van der Waals surface area contributed by atoms with Crippen LogP contribution in [0.15, 0.2) is 15.9 Å². The first-order valence-electron chi connectivity index (χ1n) is 5.99. The molecule has 0 saturated carbocycles. The van der Waals surface area contributed by atoms with Gasteiger partial charge in [-0.3, -0.25) is 4.79 Å². The standard InChI is InChI=1S/C12H15BrN2O3S/c1-18-12(17)15-6-2-5-14(7-8-15)11(16)9-3-4-10(13)19-9/h3-4H,2,5-8H2,1H3. The van der Waals surface area contributed by atoms with Crippen molar-refractivity contribution in [2.75, 3.05) is 33.3 Å². The largest absolute Gasteiger partial charge is 0.453 e. The first kappa shape index (κ1) is 14.3. The Bertz CT molecular complexity index is 477. The lowest BCUT2D eigenvalue weighted by Gasteiger charge is -2.20. The van der Waals surface area contributed by atoms with Crippen LogP contribution in [0.2, 0.25) is 0 Å². The lowest BCUT2D eigenvalue weighted by atomic mass is 10.3. The molecule has 1 aliphatic rings. The van der Waals surface area contributed by atoms with Crippen molar-refractivity contribution in [3.8, 4) is 0 Å². The van der Waals surface area contributed by atoms with Gasteiger partial charge >= 0.3 is 6.09 Å². The molecule has 0 atom stereocenters. The number of carbonyl (C=O) groups excluding carboxylic acids is 2. The van der Waals surface area contributed by atoms with Crippen LogP contribution in [-0.2, 0) is 4.74 Å². The molecular weight excluding hydrogens is 332 g/mol. The molecular formula is C12H15BrN2O3S. The van der Waals surface area contributed by atoms with E-state index in [4.69, 9.17) is 4.74 Å². The predicted molar refractivity (Wildman–Crippen MR) is 76.5 cm³/mol. The Hall–Kier alpha value is -1.08. The van der Waals surface area contributed by atoms with Crippen LogP contribution in [0.5, 0.6) is 0 Å². The number of hydrogen-bond donors (Lipinski definition) is 0. The van der Waals surface area contributed by atoms with Gasteiger partial charge in [0.2, 0.25) is 0 Å². The van der Waals surface area contributed by atoms with E-state index in [0.29, 0.717) is 26.2 Å². The summed E-state index contributed by atoms with van der Waals surface area (Å²) < 4.78 is 5.65. The monoisotopic (exact) mass is 346 g/mol. The zero-order valence-corrected chi connectivity index (χ0v) is 13.0. The van der Waals surface area contributed by atoms with E-state index in [0.717, 1.165) is 15.1 Å². The fourth-order valence-electron chi connectivity index (χ4n) is 2.02. The van der Waals surface area contributed by atoms with E-state index < -0.39 is 0 Å². The van der Waals surface area contributed by atoms with Crippen LogP contribution >= 0.6 is 27.3 Å². The maximum atomic E-state index is 12.3. The number of hydrogen-bond acceptors (Lipinski definition) is 4. The van der Waals surface area contributed by atoms with Crippen molar-refractivity contribution >= 4 is 39.3 Å². The Labute approximate surface area is 124 Å². The number of amides is 2. The Kier molecular flexibility index (Phi) is 4.81. The van der Waals surface area contributed by atoms with Gasteiger partial charge < -0.3 is 14.5 Å². The van der Waals surface area contributed by atoms with Gasteiger partial charge in [0.15, 0.2) is 0 Å². The van der Waals surface area contributed by atoms with Crippen LogP contribution in [0, 0.1) is 0 Å². The minimum absolute atomic E-state index is 0.0300. The van der Waals surface area contributed by atoms with Crippen LogP contribution in [0.4, 0.5) is 4.79 Å². The van der Waals surface area contributed by atoms with Crippen molar-refractivity contribution in [1.29, 1.82) is 0 Å². The first-order valence-corrected chi connectivity index (χ1v) is 7.60. The van der Waals surface area contributed by atoms with Gasteiger partial charge in [-0.2, -0.15) is 0 Å². The third-order valence-corrected chi connectivity index (χ3v) is 4.61. The Morgan fingerprint density at radius 3 is 2.53 bits per heavy atom. The topological polar surface area (TPSA) is 49.9 Å². The molecule has 1 aromatic heterocycles. The van der Waals surface area contributed by atoms with Gasteiger partial charge in [-0.25, -0.2) is 4.79 Å². The molecule has 1 saturated heterocycles. The van der Waals surface area contributed by atoms with Crippen LogP contribution < -0.4 is 0 Å². The van der Waals surface area contributed by atoms with Crippen LogP contribution in [0.1, 0.15) is 16.1 Å². The van der Waals surface area contributed by atoms with Crippen molar-refractivity contribution in [2.45, 2.75) is 6.42 Å². The van der Waals surface area contributed by atoms with Gasteiger partial charge in [0.1, 0.15) is 0 Å². The lowest BCUT2D eigenvalue weighted by molar-refractivity contribution is 0.0762. The Balaban J connectivity index is 1.99. The van der Waals surface area contributed by atoms with Gasteiger partial charge in [0.05, 0.1) is 15.8 Å². The zero-order valence-electron chi connectivity index (χ0n) is 10.6. The van der Waals surface area contributed by atoms with Crippen LogP contribution in [-0.4, -0.2) is 55.1 Å².